The summed E-state index contributed by atoms with van der Waals surface area (Å²) in [4.78, 5) is 26.0. The van der Waals surface area contributed by atoms with E-state index in [2.05, 4.69) is 5.32 Å². The molecule has 1 N–H and O–H groups in total. The summed E-state index contributed by atoms with van der Waals surface area (Å²) in [7, 11) is 0. The third-order valence-corrected chi connectivity index (χ3v) is 4.98. The molecule has 1 aromatic rings. The summed E-state index contributed by atoms with van der Waals surface area (Å²) >= 11 is 0. The lowest BCUT2D eigenvalue weighted by Crippen LogP contribution is -2.63. The van der Waals surface area contributed by atoms with Crippen molar-refractivity contribution in [1.29, 1.82) is 0 Å². The van der Waals surface area contributed by atoms with Crippen LogP contribution >= 0.6 is 0 Å². The molecule has 0 radical (unpaired) electrons. The zero-order chi connectivity index (χ0) is 15.2. The summed E-state index contributed by atoms with van der Waals surface area (Å²) in [6.07, 6.45) is 6.06. The number of rotatable bonds is 3. The number of likely N-dealkylation sites (tertiary alicyclic amines) is 1. The van der Waals surface area contributed by atoms with Gasteiger partial charge in [0.1, 0.15) is 11.7 Å². The van der Waals surface area contributed by atoms with Crippen LogP contribution < -0.4 is 5.32 Å². The molecule has 118 valence electrons. The van der Waals surface area contributed by atoms with Gasteiger partial charge in [0, 0.05) is 6.04 Å². The first kappa shape index (κ1) is 13.8. The number of ether oxygens (including phenoxy) is 1. The largest absolute Gasteiger partial charge is 0.459 e. The fourth-order valence-electron chi connectivity index (χ4n) is 3.43. The third-order valence-electron chi connectivity index (χ3n) is 4.98. The van der Waals surface area contributed by atoms with E-state index in [1.807, 2.05) is 0 Å². The van der Waals surface area contributed by atoms with E-state index in [1.54, 1.807) is 17.0 Å². The Morgan fingerprint density at radius 3 is 2.73 bits per heavy atom. The van der Waals surface area contributed by atoms with Gasteiger partial charge in [-0.1, -0.05) is 0 Å². The standard InChI is InChI=1S/C16H20N2O4/c19-14(17-11-3-1-4-11)12-6-7-16(22-12)9-18(10-16)15(20)13-5-2-8-21-13/h2,5,8,11-12H,1,3-4,6-7,9-10H2,(H,17,19)/t12-/m1/s1. The SMILES string of the molecule is O=C(NC1CCC1)[C@H]1CCC2(CN(C(=O)c3ccco3)C2)O1. The Morgan fingerprint density at radius 2 is 2.09 bits per heavy atom. The van der Waals surface area contributed by atoms with Crippen LogP contribution in [0.15, 0.2) is 22.8 Å². The van der Waals surface area contributed by atoms with Crippen LogP contribution in [0.2, 0.25) is 0 Å². The number of hydrogen-bond acceptors (Lipinski definition) is 4. The van der Waals surface area contributed by atoms with Crippen molar-refractivity contribution in [2.24, 2.45) is 0 Å². The van der Waals surface area contributed by atoms with Crippen LogP contribution in [0.1, 0.15) is 42.7 Å². The first-order valence-corrected chi connectivity index (χ1v) is 7.96. The average Bonchev–Trinajstić information content (AvgIpc) is 3.08. The van der Waals surface area contributed by atoms with E-state index in [0.717, 1.165) is 25.7 Å². The Hall–Kier alpha value is -1.82. The monoisotopic (exact) mass is 304 g/mol. The molecule has 2 saturated heterocycles. The molecule has 2 amide bonds. The summed E-state index contributed by atoms with van der Waals surface area (Å²) < 4.78 is 11.1. The number of nitrogens with one attached hydrogen (secondary N) is 1. The van der Waals surface area contributed by atoms with Gasteiger partial charge in [0.15, 0.2) is 5.76 Å². The Morgan fingerprint density at radius 1 is 1.27 bits per heavy atom. The predicted octanol–water partition coefficient (Wildman–Crippen LogP) is 1.32. The summed E-state index contributed by atoms with van der Waals surface area (Å²) in [5.74, 6) is 0.256. The van der Waals surface area contributed by atoms with E-state index in [1.165, 1.54) is 12.7 Å². The lowest BCUT2D eigenvalue weighted by molar-refractivity contribution is -0.151. The predicted molar refractivity (Wildman–Crippen MR) is 77.2 cm³/mol. The molecule has 3 aliphatic rings. The number of carbonyl (C=O) groups is 2. The Balaban J connectivity index is 1.30. The van der Waals surface area contributed by atoms with Crippen molar-refractivity contribution in [2.75, 3.05) is 13.1 Å². The zero-order valence-corrected chi connectivity index (χ0v) is 12.4. The maximum Gasteiger partial charge on any atom is 0.289 e. The van der Waals surface area contributed by atoms with Crippen LogP contribution in [0.5, 0.6) is 0 Å². The molecule has 6 heteroatoms. The maximum atomic E-state index is 12.1. The van der Waals surface area contributed by atoms with Gasteiger partial charge in [-0.05, 0) is 44.2 Å². The van der Waals surface area contributed by atoms with Crippen LogP contribution in [0.4, 0.5) is 0 Å². The summed E-state index contributed by atoms with van der Waals surface area (Å²) in [6.45, 7) is 1.08. The van der Waals surface area contributed by atoms with Crippen molar-refractivity contribution in [1.82, 2.24) is 10.2 Å². The molecule has 1 saturated carbocycles. The molecule has 22 heavy (non-hydrogen) atoms. The van der Waals surface area contributed by atoms with E-state index >= 15 is 0 Å². The van der Waals surface area contributed by atoms with E-state index in [-0.39, 0.29) is 23.5 Å². The van der Waals surface area contributed by atoms with Gasteiger partial charge in [-0.2, -0.15) is 0 Å². The highest BCUT2D eigenvalue weighted by molar-refractivity contribution is 5.92. The Bertz CT molecular complexity index is 573. The summed E-state index contributed by atoms with van der Waals surface area (Å²) in [5, 5.41) is 3.04. The van der Waals surface area contributed by atoms with E-state index in [9.17, 15) is 9.59 Å². The fourth-order valence-corrected chi connectivity index (χ4v) is 3.43. The van der Waals surface area contributed by atoms with Crippen LogP contribution in [0.25, 0.3) is 0 Å². The number of nitrogens with zero attached hydrogens (tertiary/aromatic N) is 1. The Kier molecular flexibility index (Phi) is 3.22. The van der Waals surface area contributed by atoms with E-state index < -0.39 is 0 Å². The molecule has 1 spiro atoms. The second-order valence-corrected chi connectivity index (χ2v) is 6.60. The van der Waals surface area contributed by atoms with Gasteiger partial charge < -0.3 is 19.4 Å². The molecule has 1 atom stereocenters. The molecule has 6 nitrogen and oxygen atoms in total. The second kappa shape index (κ2) is 5.12. The van der Waals surface area contributed by atoms with Crippen molar-refractivity contribution in [3.05, 3.63) is 24.2 Å². The van der Waals surface area contributed by atoms with Crippen LogP contribution in [0, 0.1) is 0 Å². The quantitative estimate of drug-likeness (QED) is 0.914. The molecule has 0 aromatic carbocycles. The molecule has 1 aromatic heterocycles. The topological polar surface area (TPSA) is 71.8 Å². The van der Waals surface area contributed by atoms with Gasteiger partial charge in [-0.25, -0.2) is 0 Å². The number of hydrogen-bond donors (Lipinski definition) is 1. The highest BCUT2D eigenvalue weighted by atomic mass is 16.5. The normalized spacial score (nSPS) is 26.5. The van der Waals surface area contributed by atoms with Crippen LogP contribution in [0.3, 0.4) is 0 Å². The minimum atomic E-state index is -0.360. The van der Waals surface area contributed by atoms with Crippen molar-refractivity contribution >= 4 is 11.8 Å². The molecule has 0 unspecified atom stereocenters. The lowest BCUT2D eigenvalue weighted by Gasteiger charge is -2.47. The van der Waals surface area contributed by atoms with Gasteiger partial charge >= 0.3 is 0 Å². The number of amides is 2. The minimum absolute atomic E-state index is 0.0115. The van der Waals surface area contributed by atoms with Gasteiger partial charge in [0.2, 0.25) is 5.91 Å². The maximum absolute atomic E-state index is 12.1. The van der Waals surface area contributed by atoms with Crippen molar-refractivity contribution < 1.29 is 18.7 Å². The first-order chi connectivity index (χ1) is 10.7. The molecule has 4 rings (SSSR count). The van der Waals surface area contributed by atoms with Gasteiger partial charge in [-0.3, -0.25) is 9.59 Å². The van der Waals surface area contributed by atoms with E-state index in [4.69, 9.17) is 9.15 Å². The Labute approximate surface area is 128 Å². The van der Waals surface area contributed by atoms with Crippen molar-refractivity contribution in [3.8, 4) is 0 Å². The van der Waals surface area contributed by atoms with Crippen molar-refractivity contribution in [2.45, 2.75) is 49.9 Å². The zero-order valence-electron chi connectivity index (χ0n) is 12.4. The second-order valence-electron chi connectivity index (χ2n) is 6.60. The lowest BCUT2D eigenvalue weighted by atomic mass is 9.90. The van der Waals surface area contributed by atoms with Crippen LogP contribution in [-0.4, -0.2) is 47.6 Å². The van der Waals surface area contributed by atoms with Gasteiger partial charge in [0.25, 0.3) is 5.91 Å². The third kappa shape index (κ3) is 2.31. The fraction of sp³-hybridized carbons (Fsp3) is 0.625. The van der Waals surface area contributed by atoms with Crippen LogP contribution in [-0.2, 0) is 9.53 Å². The molecular weight excluding hydrogens is 284 g/mol. The van der Waals surface area contributed by atoms with Gasteiger partial charge in [-0.15, -0.1) is 0 Å². The summed E-state index contributed by atoms with van der Waals surface area (Å²) in [5.41, 5.74) is -0.329. The molecule has 0 bridgehead atoms. The minimum Gasteiger partial charge on any atom is -0.459 e. The van der Waals surface area contributed by atoms with E-state index in [0.29, 0.717) is 24.9 Å². The number of furan rings is 1. The van der Waals surface area contributed by atoms with Gasteiger partial charge in [0.05, 0.1) is 19.4 Å². The van der Waals surface area contributed by atoms with Crippen molar-refractivity contribution in [3.63, 3.8) is 0 Å². The molecular formula is C16H20N2O4. The highest BCUT2D eigenvalue weighted by Gasteiger charge is 2.53. The average molecular weight is 304 g/mol. The first-order valence-electron chi connectivity index (χ1n) is 7.96. The molecule has 1 aliphatic carbocycles. The summed E-state index contributed by atoms with van der Waals surface area (Å²) in [6, 6.07) is 3.71. The molecule has 3 fully saturated rings. The highest BCUT2D eigenvalue weighted by Crippen LogP contribution is 2.39. The molecule has 2 aliphatic heterocycles. The molecule has 3 heterocycles. The number of carbonyl (C=O) groups excluding carboxylic acids is 2. The smallest absolute Gasteiger partial charge is 0.289 e.